The number of carbonyl (C=O) groups excluding carboxylic acids is 1. The predicted octanol–water partition coefficient (Wildman–Crippen LogP) is 0.694. The van der Waals surface area contributed by atoms with Crippen LogP contribution in [0.2, 0.25) is 0 Å². The van der Waals surface area contributed by atoms with Crippen LogP contribution < -0.4 is 0 Å². The van der Waals surface area contributed by atoms with Gasteiger partial charge in [-0.3, -0.25) is 9.69 Å². The first-order valence-electron chi connectivity index (χ1n) is 4.72. The van der Waals surface area contributed by atoms with Gasteiger partial charge in [-0.2, -0.15) is 0 Å². The number of morpholine rings is 1. The SMILES string of the molecule is CC(=O)OCCCN1CCOCC1.Cl. The van der Waals surface area contributed by atoms with E-state index in [1.807, 2.05) is 0 Å². The van der Waals surface area contributed by atoms with Crippen molar-refractivity contribution in [1.82, 2.24) is 4.90 Å². The zero-order chi connectivity index (χ0) is 9.52. The Kier molecular flexibility index (Phi) is 7.84. The standard InChI is InChI=1S/C9H17NO3.ClH/c1-9(11)13-6-2-3-10-4-7-12-8-5-10;/h2-8H2,1H3;1H. The van der Waals surface area contributed by atoms with Gasteiger partial charge < -0.3 is 9.47 Å². The molecular formula is C9H18ClNO3. The Morgan fingerprint density at radius 2 is 2.07 bits per heavy atom. The molecule has 0 unspecified atom stereocenters. The van der Waals surface area contributed by atoms with Gasteiger partial charge in [-0.05, 0) is 6.42 Å². The van der Waals surface area contributed by atoms with Crippen LogP contribution in [0.4, 0.5) is 0 Å². The Labute approximate surface area is 91.0 Å². The lowest BCUT2D eigenvalue weighted by atomic mass is 10.3. The maximum Gasteiger partial charge on any atom is 0.302 e. The molecule has 0 amide bonds. The summed E-state index contributed by atoms with van der Waals surface area (Å²) in [4.78, 5) is 12.8. The minimum absolute atomic E-state index is 0. The summed E-state index contributed by atoms with van der Waals surface area (Å²) in [7, 11) is 0. The first-order valence-corrected chi connectivity index (χ1v) is 4.72. The van der Waals surface area contributed by atoms with E-state index in [1.54, 1.807) is 0 Å². The molecule has 1 rings (SSSR count). The second kappa shape index (κ2) is 8.03. The fraction of sp³-hybridized carbons (Fsp3) is 0.889. The highest BCUT2D eigenvalue weighted by molar-refractivity contribution is 5.85. The molecule has 0 aromatic rings. The third-order valence-corrected chi connectivity index (χ3v) is 2.03. The Hall–Kier alpha value is -0.320. The molecule has 1 fully saturated rings. The van der Waals surface area contributed by atoms with Crippen molar-refractivity contribution in [3.05, 3.63) is 0 Å². The average Bonchev–Trinajstić information content (AvgIpc) is 2.14. The highest BCUT2D eigenvalue weighted by atomic mass is 35.5. The van der Waals surface area contributed by atoms with Crippen LogP contribution in [0.15, 0.2) is 0 Å². The molecule has 0 saturated carbocycles. The summed E-state index contributed by atoms with van der Waals surface area (Å²) < 4.78 is 10.1. The molecule has 1 aliphatic heterocycles. The molecule has 0 N–H and O–H groups in total. The molecule has 14 heavy (non-hydrogen) atoms. The molecule has 84 valence electrons. The summed E-state index contributed by atoms with van der Waals surface area (Å²) in [6.07, 6.45) is 0.916. The van der Waals surface area contributed by atoms with E-state index in [4.69, 9.17) is 9.47 Å². The predicted molar refractivity (Wildman–Crippen MR) is 55.8 cm³/mol. The van der Waals surface area contributed by atoms with Gasteiger partial charge in [-0.25, -0.2) is 0 Å². The molecule has 1 aliphatic rings. The Balaban J connectivity index is 0.00000169. The zero-order valence-corrected chi connectivity index (χ0v) is 9.35. The first kappa shape index (κ1) is 13.7. The van der Waals surface area contributed by atoms with Crippen LogP contribution in [-0.2, 0) is 14.3 Å². The van der Waals surface area contributed by atoms with Gasteiger partial charge in [-0.1, -0.05) is 0 Å². The highest BCUT2D eigenvalue weighted by Gasteiger charge is 2.09. The summed E-state index contributed by atoms with van der Waals surface area (Å²) >= 11 is 0. The second-order valence-electron chi connectivity index (χ2n) is 3.15. The number of ether oxygens (including phenoxy) is 2. The van der Waals surface area contributed by atoms with Crippen LogP contribution >= 0.6 is 12.4 Å². The minimum atomic E-state index is -0.193. The minimum Gasteiger partial charge on any atom is -0.466 e. The summed E-state index contributed by atoms with van der Waals surface area (Å²) in [5.74, 6) is -0.193. The maximum absolute atomic E-state index is 10.4. The van der Waals surface area contributed by atoms with Gasteiger partial charge in [0.2, 0.25) is 0 Å². The van der Waals surface area contributed by atoms with Crippen molar-refractivity contribution < 1.29 is 14.3 Å². The van der Waals surface area contributed by atoms with Gasteiger partial charge in [0, 0.05) is 26.6 Å². The van der Waals surface area contributed by atoms with Gasteiger partial charge >= 0.3 is 5.97 Å². The van der Waals surface area contributed by atoms with E-state index in [2.05, 4.69) is 4.90 Å². The quantitative estimate of drug-likeness (QED) is 0.520. The fourth-order valence-electron chi connectivity index (χ4n) is 1.33. The van der Waals surface area contributed by atoms with E-state index in [-0.39, 0.29) is 18.4 Å². The summed E-state index contributed by atoms with van der Waals surface area (Å²) in [5, 5.41) is 0. The second-order valence-corrected chi connectivity index (χ2v) is 3.15. The molecular weight excluding hydrogens is 206 g/mol. The molecule has 4 nitrogen and oxygen atoms in total. The van der Waals surface area contributed by atoms with Crippen molar-refractivity contribution in [2.45, 2.75) is 13.3 Å². The van der Waals surface area contributed by atoms with E-state index in [9.17, 15) is 4.79 Å². The van der Waals surface area contributed by atoms with Crippen LogP contribution in [0.5, 0.6) is 0 Å². The number of hydrogen-bond donors (Lipinski definition) is 0. The van der Waals surface area contributed by atoms with Crippen molar-refractivity contribution in [2.24, 2.45) is 0 Å². The Bertz CT molecular complexity index is 160. The maximum atomic E-state index is 10.4. The monoisotopic (exact) mass is 223 g/mol. The topological polar surface area (TPSA) is 38.8 Å². The van der Waals surface area contributed by atoms with Gasteiger partial charge in [0.1, 0.15) is 0 Å². The number of esters is 1. The van der Waals surface area contributed by atoms with Crippen molar-refractivity contribution in [3.8, 4) is 0 Å². The van der Waals surface area contributed by atoms with Crippen LogP contribution in [0.1, 0.15) is 13.3 Å². The van der Waals surface area contributed by atoms with Crippen molar-refractivity contribution in [1.29, 1.82) is 0 Å². The third kappa shape index (κ3) is 6.18. The molecule has 1 heterocycles. The van der Waals surface area contributed by atoms with Crippen molar-refractivity contribution in [3.63, 3.8) is 0 Å². The molecule has 0 aromatic carbocycles. The van der Waals surface area contributed by atoms with Crippen molar-refractivity contribution >= 4 is 18.4 Å². The van der Waals surface area contributed by atoms with Gasteiger partial charge in [0.25, 0.3) is 0 Å². The fourth-order valence-corrected chi connectivity index (χ4v) is 1.33. The Morgan fingerprint density at radius 1 is 1.43 bits per heavy atom. The Morgan fingerprint density at radius 3 is 2.64 bits per heavy atom. The largest absolute Gasteiger partial charge is 0.466 e. The van der Waals surface area contributed by atoms with Crippen molar-refractivity contribution in [2.75, 3.05) is 39.5 Å². The molecule has 1 saturated heterocycles. The molecule has 0 spiro atoms. The van der Waals surface area contributed by atoms with E-state index in [0.717, 1.165) is 39.3 Å². The lowest BCUT2D eigenvalue weighted by Crippen LogP contribution is -2.37. The number of halogens is 1. The highest BCUT2D eigenvalue weighted by Crippen LogP contribution is 1.97. The van der Waals surface area contributed by atoms with E-state index in [1.165, 1.54) is 6.92 Å². The van der Waals surface area contributed by atoms with Gasteiger partial charge in [0.05, 0.1) is 19.8 Å². The van der Waals surface area contributed by atoms with E-state index >= 15 is 0 Å². The zero-order valence-electron chi connectivity index (χ0n) is 8.53. The van der Waals surface area contributed by atoms with Crippen LogP contribution in [-0.4, -0.2) is 50.3 Å². The molecule has 0 aromatic heterocycles. The number of carbonyl (C=O) groups is 1. The molecule has 0 aliphatic carbocycles. The van der Waals surface area contributed by atoms with Gasteiger partial charge in [-0.15, -0.1) is 12.4 Å². The lowest BCUT2D eigenvalue weighted by Gasteiger charge is -2.26. The van der Waals surface area contributed by atoms with Crippen LogP contribution in [0.25, 0.3) is 0 Å². The van der Waals surface area contributed by atoms with Crippen LogP contribution in [0.3, 0.4) is 0 Å². The number of rotatable bonds is 4. The van der Waals surface area contributed by atoms with Crippen LogP contribution in [0, 0.1) is 0 Å². The lowest BCUT2D eigenvalue weighted by molar-refractivity contribution is -0.141. The molecule has 0 bridgehead atoms. The number of nitrogens with zero attached hydrogens (tertiary/aromatic N) is 1. The smallest absolute Gasteiger partial charge is 0.302 e. The normalized spacial score (nSPS) is 17.2. The summed E-state index contributed by atoms with van der Waals surface area (Å²) in [5.41, 5.74) is 0. The summed E-state index contributed by atoms with van der Waals surface area (Å²) in [6, 6.07) is 0. The molecule has 0 radical (unpaired) electrons. The summed E-state index contributed by atoms with van der Waals surface area (Å²) in [6.45, 7) is 6.62. The van der Waals surface area contributed by atoms with E-state index < -0.39 is 0 Å². The third-order valence-electron chi connectivity index (χ3n) is 2.03. The van der Waals surface area contributed by atoms with Gasteiger partial charge in [0.15, 0.2) is 0 Å². The van der Waals surface area contributed by atoms with E-state index in [0.29, 0.717) is 6.61 Å². The first-order chi connectivity index (χ1) is 6.29. The molecule has 0 atom stereocenters. The molecule has 5 heteroatoms. The average molecular weight is 224 g/mol. The number of hydrogen-bond acceptors (Lipinski definition) is 4.